The predicted molar refractivity (Wildman–Crippen MR) is 47.6 cm³/mol. The lowest BCUT2D eigenvalue weighted by Gasteiger charge is -2.05. The lowest BCUT2D eigenvalue weighted by molar-refractivity contribution is 0.0696. The van der Waals surface area contributed by atoms with Gasteiger partial charge in [0.15, 0.2) is 11.6 Å². The zero-order chi connectivity index (χ0) is 10.0. The number of carbonyl (C=O) groups is 1. The van der Waals surface area contributed by atoms with Crippen molar-refractivity contribution in [3.8, 4) is 5.75 Å². The fourth-order valence-electron chi connectivity index (χ4n) is 0.878. The molecule has 0 fully saturated rings. The minimum atomic E-state index is -1.18. The second-order valence-electron chi connectivity index (χ2n) is 2.28. The summed E-state index contributed by atoms with van der Waals surface area (Å²) < 4.78 is 18.0. The van der Waals surface area contributed by atoms with Crippen LogP contribution in [0.1, 0.15) is 10.4 Å². The Kier molecular flexibility index (Phi) is 2.87. The van der Waals surface area contributed by atoms with Crippen molar-refractivity contribution in [1.82, 2.24) is 0 Å². The lowest BCUT2D eigenvalue weighted by Crippen LogP contribution is -1.99. The van der Waals surface area contributed by atoms with Crippen LogP contribution in [0.4, 0.5) is 4.39 Å². The fraction of sp³-hybridized carbons (Fsp3) is 0.125. The number of aromatic carboxylic acids is 1. The van der Waals surface area contributed by atoms with E-state index in [1.54, 1.807) is 0 Å². The van der Waals surface area contributed by atoms with Crippen molar-refractivity contribution in [3.05, 3.63) is 28.0 Å². The smallest absolute Gasteiger partial charge is 0.335 e. The number of hydrogen-bond acceptors (Lipinski definition) is 2. The molecule has 0 aliphatic heterocycles. The Hall–Kier alpha value is -1.10. The maximum absolute atomic E-state index is 13.1. The first kappa shape index (κ1) is 9.98. The number of methoxy groups -OCH3 is 1. The predicted octanol–water partition coefficient (Wildman–Crippen LogP) is 2.29. The summed E-state index contributed by atoms with van der Waals surface area (Å²) in [6.07, 6.45) is 0. The number of hydrogen-bond donors (Lipinski definition) is 1. The van der Waals surface area contributed by atoms with Gasteiger partial charge in [-0.3, -0.25) is 0 Å². The molecule has 0 aliphatic carbocycles. The Morgan fingerprint density at radius 3 is 2.62 bits per heavy atom. The normalized spacial score (nSPS) is 9.77. The van der Waals surface area contributed by atoms with Gasteiger partial charge >= 0.3 is 5.97 Å². The summed E-state index contributed by atoms with van der Waals surface area (Å²) in [5.74, 6) is -1.87. The van der Waals surface area contributed by atoms with E-state index in [2.05, 4.69) is 15.9 Å². The van der Waals surface area contributed by atoms with Crippen LogP contribution in [0.3, 0.4) is 0 Å². The van der Waals surface area contributed by atoms with Gasteiger partial charge in [-0.15, -0.1) is 0 Å². The molecule has 3 nitrogen and oxygen atoms in total. The molecule has 70 valence electrons. The highest BCUT2D eigenvalue weighted by Crippen LogP contribution is 2.29. The van der Waals surface area contributed by atoms with Gasteiger partial charge in [-0.1, -0.05) is 0 Å². The lowest BCUT2D eigenvalue weighted by atomic mass is 10.2. The van der Waals surface area contributed by atoms with Crippen LogP contribution in [0.5, 0.6) is 5.75 Å². The molecule has 0 aliphatic rings. The maximum atomic E-state index is 13.1. The molecule has 0 atom stereocenters. The van der Waals surface area contributed by atoms with Crippen molar-refractivity contribution in [3.63, 3.8) is 0 Å². The van der Waals surface area contributed by atoms with E-state index in [0.29, 0.717) is 0 Å². The van der Waals surface area contributed by atoms with Crippen LogP contribution < -0.4 is 4.74 Å². The van der Waals surface area contributed by atoms with Crippen molar-refractivity contribution >= 4 is 21.9 Å². The fourth-order valence-corrected chi connectivity index (χ4v) is 1.48. The third-order valence-corrected chi connectivity index (χ3v) is 2.04. The van der Waals surface area contributed by atoms with Gasteiger partial charge in [0.05, 0.1) is 17.1 Å². The topological polar surface area (TPSA) is 46.5 Å². The molecule has 1 N–H and O–H groups in total. The van der Waals surface area contributed by atoms with E-state index in [0.717, 1.165) is 6.07 Å². The molecular weight excluding hydrogens is 243 g/mol. The summed E-state index contributed by atoms with van der Waals surface area (Å²) >= 11 is 3.00. The Morgan fingerprint density at radius 2 is 2.23 bits per heavy atom. The van der Waals surface area contributed by atoms with Gasteiger partial charge in [-0.2, -0.15) is 0 Å². The molecule has 0 amide bonds. The van der Waals surface area contributed by atoms with Crippen LogP contribution >= 0.6 is 15.9 Å². The molecule has 0 aromatic heterocycles. The van der Waals surface area contributed by atoms with Crippen molar-refractivity contribution in [2.45, 2.75) is 0 Å². The van der Waals surface area contributed by atoms with Crippen molar-refractivity contribution in [2.24, 2.45) is 0 Å². The zero-order valence-corrected chi connectivity index (χ0v) is 8.26. The number of halogens is 2. The van der Waals surface area contributed by atoms with E-state index in [1.165, 1.54) is 13.2 Å². The summed E-state index contributed by atoms with van der Waals surface area (Å²) in [5.41, 5.74) is -0.120. The molecule has 0 saturated carbocycles. The second-order valence-corrected chi connectivity index (χ2v) is 3.13. The van der Waals surface area contributed by atoms with Gasteiger partial charge in [0.1, 0.15) is 0 Å². The molecule has 1 aromatic rings. The Balaban J connectivity index is 3.28. The average molecular weight is 249 g/mol. The van der Waals surface area contributed by atoms with E-state index in [-0.39, 0.29) is 15.8 Å². The van der Waals surface area contributed by atoms with Crippen molar-refractivity contribution in [2.75, 3.05) is 7.11 Å². The highest BCUT2D eigenvalue weighted by molar-refractivity contribution is 9.10. The molecular formula is C8H6BrFO3. The third-order valence-electron chi connectivity index (χ3n) is 1.45. The third kappa shape index (κ3) is 1.98. The minimum Gasteiger partial charge on any atom is -0.492 e. The molecule has 0 unspecified atom stereocenters. The first-order chi connectivity index (χ1) is 6.06. The van der Waals surface area contributed by atoms with Crippen LogP contribution in [0.2, 0.25) is 0 Å². The Bertz CT molecular complexity index is 328. The molecule has 13 heavy (non-hydrogen) atoms. The molecule has 5 heteroatoms. The monoisotopic (exact) mass is 248 g/mol. The van der Waals surface area contributed by atoms with Crippen LogP contribution in [0.25, 0.3) is 0 Å². The first-order valence-electron chi connectivity index (χ1n) is 3.32. The molecule has 0 bridgehead atoms. The maximum Gasteiger partial charge on any atom is 0.335 e. The highest BCUT2D eigenvalue weighted by Gasteiger charge is 2.12. The van der Waals surface area contributed by atoms with Crippen molar-refractivity contribution in [1.29, 1.82) is 0 Å². The van der Waals surface area contributed by atoms with Gasteiger partial charge in [0.2, 0.25) is 0 Å². The summed E-state index contributed by atoms with van der Waals surface area (Å²) in [5, 5.41) is 8.57. The SMILES string of the molecule is COc1c(F)cc(C(=O)O)cc1Br. The van der Waals surface area contributed by atoms with Gasteiger partial charge in [0, 0.05) is 0 Å². The number of rotatable bonds is 2. The average Bonchev–Trinajstić information content (AvgIpc) is 2.03. The van der Waals surface area contributed by atoms with Crippen molar-refractivity contribution < 1.29 is 19.0 Å². The zero-order valence-electron chi connectivity index (χ0n) is 6.67. The van der Waals surface area contributed by atoms with Gasteiger partial charge in [0.25, 0.3) is 0 Å². The molecule has 1 rings (SSSR count). The molecule has 1 aromatic carbocycles. The number of benzene rings is 1. The standard InChI is InChI=1S/C8H6BrFO3/c1-13-7-5(9)2-4(8(11)12)3-6(7)10/h2-3H,1H3,(H,11,12). The number of carboxylic acids is 1. The molecule has 0 heterocycles. The Morgan fingerprint density at radius 1 is 1.62 bits per heavy atom. The molecule has 0 spiro atoms. The van der Waals surface area contributed by atoms with Gasteiger partial charge < -0.3 is 9.84 Å². The summed E-state index contributed by atoms with van der Waals surface area (Å²) in [7, 11) is 1.31. The van der Waals surface area contributed by atoms with Gasteiger partial charge in [-0.05, 0) is 28.1 Å². The number of carboxylic acid groups (broad SMARTS) is 1. The molecule has 0 radical (unpaired) electrons. The largest absolute Gasteiger partial charge is 0.492 e. The first-order valence-corrected chi connectivity index (χ1v) is 4.12. The van der Waals surface area contributed by atoms with Crippen LogP contribution in [-0.2, 0) is 0 Å². The van der Waals surface area contributed by atoms with Crippen LogP contribution in [0, 0.1) is 5.82 Å². The van der Waals surface area contributed by atoms with Crippen LogP contribution in [0.15, 0.2) is 16.6 Å². The quantitative estimate of drug-likeness (QED) is 0.874. The summed E-state index contributed by atoms with van der Waals surface area (Å²) in [6.45, 7) is 0. The Labute approximate surface area is 82.3 Å². The summed E-state index contributed by atoms with van der Waals surface area (Å²) in [4.78, 5) is 10.5. The number of ether oxygens (including phenoxy) is 1. The minimum absolute atomic E-state index is 0.00463. The summed E-state index contributed by atoms with van der Waals surface area (Å²) in [6, 6.07) is 2.19. The molecule has 0 saturated heterocycles. The van der Waals surface area contributed by atoms with E-state index < -0.39 is 11.8 Å². The van der Waals surface area contributed by atoms with E-state index >= 15 is 0 Å². The second kappa shape index (κ2) is 3.74. The van der Waals surface area contributed by atoms with Gasteiger partial charge in [-0.25, -0.2) is 9.18 Å². The van der Waals surface area contributed by atoms with Crippen LogP contribution in [-0.4, -0.2) is 18.2 Å². The van der Waals surface area contributed by atoms with E-state index in [9.17, 15) is 9.18 Å². The van der Waals surface area contributed by atoms with E-state index in [1.807, 2.05) is 0 Å². The highest BCUT2D eigenvalue weighted by atomic mass is 79.9. The van der Waals surface area contributed by atoms with E-state index in [4.69, 9.17) is 9.84 Å².